The normalized spacial score (nSPS) is 14.7. The van der Waals surface area contributed by atoms with Gasteiger partial charge in [0.15, 0.2) is 0 Å². The molecule has 0 aromatic heterocycles. The van der Waals surface area contributed by atoms with Gasteiger partial charge in [0.1, 0.15) is 11.5 Å². The van der Waals surface area contributed by atoms with Crippen LogP contribution in [0.15, 0.2) is 82.8 Å². The zero-order valence-corrected chi connectivity index (χ0v) is 13.7. The second kappa shape index (κ2) is 6.72. The number of aliphatic imine (C=N–C) groups is 2. The Morgan fingerprint density at radius 1 is 0.885 bits per heavy atom. The number of hydrogen-bond donors (Lipinski definition) is 1. The first-order chi connectivity index (χ1) is 12.7. The van der Waals surface area contributed by atoms with Gasteiger partial charge in [-0.05, 0) is 48.0 Å². The minimum absolute atomic E-state index is 0.208. The van der Waals surface area contributed by atoms with Crippen LogP contribution in [0.2, 0.25) is 0 Å². The van der Waals surface area contributed by atoms with E-state index in [1.807, 2.05) is 42.5 Å². The number of benzene rings is 3. The Morgan fingerprint density at radius 3 is 2.38 bits per heavy atom. The molecule has 0 unspecified atom stereocenters. The molecule has 1 heterocycles. The average molecular weight is 343 g/mol. The van der Waals surface area contributed by atoms with Crippen LogP contribution < -0.4 is 5.32 Å². The lowest BCUT2D eigenvalue weighted by Crippen LogP contribution is -2.13. The molecule has 3 aromatic carbocycles. The molecule has 0 saturated carbocycles. The summed E-state index contributed by atoms with van der Waals surface area (Å²) in [7, 11) is 0. The molecule has 0 atom stereocenters. The number of hydrogen-bond acceptors (Lipinski definition) is 3. The summed E-state index contributed by atoms with van der Waals surface area (Å²) in [6.45, 7) is 0. The van der Waals surface area contributed by atoms with Crippen molar-refractivity contribution in [2.75, 3.05) is 5.32 Å². The van der Waals surface area contributed by atoms with E-state index >= 15 is 0 Å². The fourth-order valence-electron chi connectivity index (χ4n) is 2.67. The maximum atomic E-state index is 13.5. The van der Waals surface area contributed by atoms with E-state index in [2.05, 4.69) is 15.3 Å². The summed E-state index contributed by atoms with van der Waals surface area (Å²) in [6, 6.07) is 21.1. The van der Waals surface area contributed by atoms with Crippen LogP contribution in [0.5, 0.6) is 0 Å². The Hall–Kier alpha value is -3.60. The maximum Gasteiger partial charge on any atom is 0.275 e. The van der Waals surface area contributed by atoms with Crippen molar-refractivity contribution in [2.45, 2.75) is 0 Å². The van der Waals surface area contributed by atoms with E-state index in [1.165, 1.54) is 18.2 Å². The molecule has 0 aliphatic carbocycles. The SMILES string of the molecule is O=C1Nc2ccc(F)cc2C1=Nc1ccc(N=Cc2ccccc2)cc1. The largest absolute Gasteiger partial charge is 0.320 e. The van der Waals surface area contributed by atoms with E-state index in [4.69, 9.17) is 0 Å². The smallest absolute Gasteiger partial charge is 0.275 e. The van der Waals surface area contributed by atoms with Gasteiger partial charge in [-0.3, -0.25) is 9.79 Å². The zero-order valence-electron chi connectivity index (χ0n) is 13.7. The Morgan fingerprint density at radius 2 is 1.62 bits per heavy atom. The first-order valence-corrected chi connectivity index (χ1v) is 8.08. The number of fused-ring (bicyclic) bond motifs is 1. The Labute approximate surface area is 149 Å². The lowest BCUT2D eigenvalue weighted by atomic mass is 10.1. The summed E-state index contributed by atoms with van der Waals surface area (Å²) in [6.07, 6.45) is 1.78. The zero-order chi connectivity index (χ0) is 17.9. The van der Waals surface area contributed by atoms with Gasteiger partial charge < -0.3 is 5.32 Å². The van der Waals surface area contributed by atoms with E-state index < -0.39 is 5.82 Å². The molecule has 0 bridgehead atoms. The van der Waals surface area contributed by atoms with Crippen LogP contribution in [-0.2, 0) is 4.79 Å². The van der Waals surface area contributed by atoms with Gasteiger partial charge in [-0.1, -0.05) is 30.3 Å². The molecule has 126 valence electrons. The quantitative estimate of drug-likeness (QED) is 0.692. The minimum atomic E-state index is -0.404. The molecule has 1 aliphatic rings. The molecule has 0 radical (unpaired) electrons. The van der Waals surface area contributed by atoms with Crippen LogP contribution in [0.3, 0.4) is 0 Å². The molecule has 5 heteroatoms. The molecule has 4 rings (SSSR count). The third kappa shape index (κ3) is 3.28. The molecule has 0 fully saturated rings. The molecule has 1 aliphatic heterocycles. The average Bonchev–Trinajstić information content (AvgIpc) is 2.97. The van der Waals surface area contributed by atoms with Crippen LogP contribution in [0.4, 0.5) is 21.5 Å². The summed E-state index contributed by atoms with van der Waals surface area (Å²) in [5, 5.41) is 2.68. The van der Waals surface area contributed by atoms with Crippen molar-refractivity contribution in [1.82, 2.24) is 0 Å². The van der Waals surface area contributed by atoms with E-state index in [-0.39, 0.29) is 11.6 Å². The first kappa shape index (κ1) is 15.9. The molecule has 26 heavy (non-hydrogen) atoms. The van der Waals surface area contributed by atoms with Gasteiger partial charge in [-0.15, -0.1) is 0 Å². The van der Waals surface area contributed by atoms with E-state index in [0.29, 0.717) is 16.9 Å². The van der Waals surface area contributed by atoms with E-state index in [0.717, 1.165) is 11.3 Å². The standard InChI is InChI=1S/C21H14FN3O/c22-15-6-11-19-18(12-15)20(21(26)25-19)24-17-9-7-16(8-10-17)23-13-14-4-2-1-3-5-14/h1-13H,(H,24,25,26). The molecular formula is C21H14FN3O. The van der Waals surface area contributed by atoms with Crippen LogP contribution in [0.25, 0.3) is 0 Å². The minimum Gasteiger partial charge on any atom is -0.320 e. The highest BCUT2D eigenvalue weighted by Gasteiger charge is 2.26. The van der Waals surface area contributed by atoms with Crippen LogP contribution in [-0.4, -0.2) is 17.8 Å². The van der Waals surface area contributed by atoms with Gasteiger partial charge in [0.25, 0.3) is 5.91 Å². The van der Waals surface area contributed by atoms with Gasteiger partial charge in [0, 0.05) is 11.8 Å². The van der Waals surface area contributed by atoms with Crippen molar-refractivity contribution >= 4 is 34.9 Å². The number of rotatable bonds is 3. The summed E-state index contributed by atoms with van der Waals surface area (Å²) in [5.41, 5.74) is 3.64. The highest BCUT2D eigenvalue weighted by atomic mass is 19.1. The van der Waals surface area contributed by atoms with Crippen LogP contribution >= 0.6 is 0 Å². The van der Waals surface area contributed by atoms with Gasteiger partial charge in [0.05, 0.1) is 17.1 Å². The highest BCUT2D eigenvalue weighted by molar-refractivity contribution is 6.54. The fourth-order valence-corrected chi connectivity index (χ4v) is 2.67. The first-order valence-electron chi connectivity index (χ1n) is 8.08. The molecule has 0 spiro atoms. The molecule has 3 aromatic rings. The summed E-state index contributed by atoms with van der Waals surface area (Å²) >= 11 is 0. The second-order valence-electron chi connectivity index (χ2n) is 5.79. The Balaban J connectivity index is 1.58. The molecule has 1 amide bonds. The number of nitrogens with one attached hydrogen (secondary N) is 1. The van der Waals surface area contributed by atoms with Crippen LogP contribution in [0, 0.1) is 5.82 Å². The summed E-state index contributed by atoms with van der Waals surface area (Å²) < 4.78 is 13.5. The Kier molecular flexibility index (Phi) is 4.11. The second-order valence-corrected chi connectivity index (χ2v) is 5.79. The monoisotopic (exact) mass is 343 g/mol. The topological polar surface area (TPSA) is 53.8 Å². The lowest BCUT2D eigenvalue weighted by molar-refractivity contribution is -0.110. The van der Waals surface area contributed by atoms with Gasteiger partial charge in [-0.2, -0.15) is 0 Å². The Bertz CT molecular complexity index is 1020. The van der Waals surface area contributed by atoms with Crippen molar-refractivity contribution in [3.8, 4) is 0 Å². The third-order valence-electron chi connectivity index (χ3n) is 3.95. The lowest BCUT2D eigenvalue weighted by Gasteiger charge is -1.99. The number of amides is 1. The molecule has 1 N–H and O–H groups in total. The van der Waals surface area contributed by atoms with E-state index in [9.17, 15) is 9.18 Å². The van der Waals surface area contributed by atoms with Gasteiger partial charge >= 0.3 is 0 Å². The summed E-state index contributed by atoms with van der Waals surface area (Å²) in [5.74, 6) is -0.740. The van der Waals surface area contributed by atoms with Crippen molar-refractivity contribution in [3.63, 3.8) is 0 Å². The van der Waals surface area contributed by atoms with Crippen molar-refractivity contribution < 1.29 is 9.18 Å². The predicted molar refractivity (Wildman–Crippen MR) is 101 cm³/mol. The number of carbonyl (C=O) groups is 1. The molecular weight excluding hydrogens is 329 g/mol. The predicted octanol–water partition coefficient (Wildman–Crippen LogP) is 4.65. The molecule has 4 nitrogen and oxygen atoms in total. The van der Waals surface area contributed by atoms with Crippen molar-refractivity contribution in [2.24, 2.45) is 9.98 Å². The number of nitrogens with zero attached hydrogens (tertiary/aromatic N) is 2. The number of anilines is 1. The van der Waals surface area contributed by atoms with Gasteiger partial charge in [0.2, 0.25) is 0 Å². The number of carbonyl (C=O) groups excluding carboxylic acids is 1. The van der Waals surface area contributed by atoms with Crippen molar-refractivity contribution in [1.29, 1.82) is 0 Å². The molecule has 0 saturated heterocycles. The third-order valence-corrected chi connectivity index (χ3v) is 3.95. The maximum absolute atomic E-state index is 13.5. The van der Waals surface area contributed by atoms with Crippen molar-refractivity contribution in [3.05, 3.63) is 89.7 Å². The number of halogens is 1. The fraction of sp³-hybridized carbons (Fsp3) is 0. The summed E-state index contributed by atoms with van der Waals surface area (Å²) in [4.78, 5) is 20.9. The highest BCUT2D eigenvalue weighted by Crippen LogP contribution is 2.27. The van der Waals surface area contributed by atoms with Crippen LogP contribution in [0.1, 0.15) is 11.1 Å². The van der Waals surface area contributed by atoms with E-state index in [1.54, 1.807) is 18.3 Å². The van der Waals surface area contributed by atoms with Gasteiger partial charge in [-0.25, -0.2) is 9.38 Å².